The van der Waals surface area contributed by atoms with Crippen molar-refractivity contribution in [1.29, 1.82) is 0 Å². The fraction of sp³-hybridized carbons (Fsp3) is 0.571. The predicted octanol–water partition coefficient (Wildman–Crippen LogP) is 1.55. The van der Waals surface area contributed by atoms with Crippen molar-refractivity contribution in [1.82, 2.24) is 0 Å². The van der Waals surface area contributed by atoms with E-state index in [-0.39, 0.29) is 0 Å². The third-order valence-corrected chi connectivity index (χ3v) is 1.27. The normalized spacial score (nSPS) is 16.3. The fourth-order valence-corrected chi connectivity index (χ4v) is 0.829. The summed E-state index contributed by atoms with van der Waals surface area (Å²) in [6.07, 6.45) is 4.93. The number of carbonyl (C=O) groups excluding carboxylic acids is 1. The summed E-state index contributed by atoms with van der Waals surface area (Å²) in [6, 6.07) is 0. The molecule has 0 bridgehead atoms. The van der Waals surface area contributed by atoms with Crippen LogP contribution in [0.1, 0.15) is 26.2 Å². The van der Waals surface area contributed by atoms with Crippen LogP contribution in [-0.2, 0) is 14.6 Å². The summed E-state index contributed by atoms with van der Waals surface area (Å²) in [7, 11) is 0. The Morgan fingerprint density at radius 1 is 1.70 bits per heavy atom. The van der Waals surface area contributed by atoms with E-state index in [9.17, 15) is 4.79 Å². The second-order valence-electron chi connectivity index (χ2n) is 2.22. The summed E-state index contributed by atoms with van der Waals surface area (Å²) >= 11 is 0. The Morgan fingerprint density at radius 3 is 3.00 bits per heavy atom. The van der Waals surface area contributed by atoms with Gasteiger partial charge in [0, 0.05) is 13.3 Å². The molecule has 0 fully saturated rings. The first-order valence-electron chi connectivity index (χ1n) is 3.33. The molecule has 0 amide bonds. The number of carbonyl (C=O) groups is 1. The Labute approximate surface area is 59.6 Å². The molecule has 0 aromatic carbocycles. The topological polar surface area (TPSA) is 35.5 Å². The first-order valence-corrected chi connectivity index (χ1v) is 3.33. The average Bonchev–Trinajstić information content (AvgIpc) is 2.34. The molecule has 0 radical (unpaired) electrons. The Morgan fingerprint density at radius 2 is 2.50 bits per heavy atom. The summed E-state index contributed by atoms with van der Waals surface area (Å²) < 4.78 is 0. The zero-order chi connectivity index (χ0) is 7.40. The Hall–Kier alpha value is -0.990. The van der Waals surface area contributed by atoms with E-state index in [1.54, 1.807) is 0 Å². The SMILES string of the molecule is CC(=O)OOC1=CCCC1. The minimum absolute atomic E-state index is 0.409. The van der Waals surface area contributed by atoms with Crippen molar-refractivity contribution in [2.75, 3.05) is 0 Å². The van der Waals surface area contributed by atoms with Crippen LogP contribution in [0.2, 0.25) is 0 Å². The van der Waals surface area contributed by atoms with Crippen molar-refractivity contribution < 1.29 is 14.6 Å². The van der Waals surface area contributed by atoms with Gasteiger partial charge < -0.3 is 0 Å². The lowest BCUT2D eigenvalue weighted by molar-refractivity contribution is -0.246. The summed E-state index contributed by atoms with van der Waals surface area (Å²) in [5.41, 5.74) is 0. The smallest absolute Gasteiger partial charge is 0.292 e. The molecule has 0 saturated carbocycles. The van der Waals surface area contributed by atoms with Crippen LogP contribution in [0, 0.1) is 0 Å². The van der Waals surface area contributed by atoms with Crippen molar-refractivity contribution in [3.63, 3.8) is 0 Å². The number of allylic oxidation sites excluding steroid dienone is 2. The van der Waals surface area contributed by atoms with Gasteiger partial charge in [0.2, 0.25) is 0 Å². The maximum Gasteiger partial charge on any atom is 0.352 e. The van der Waals surface area contributed by atoms with E-state index in [4.69, 9.17) is 0 Å². The molecule has 3 heteroatoms. The maximum atomic E-state index is 10.2. The third-order valence-electron chi connectivity index (χ3n) is 1.27. The van der Waals surface area contributed by atoms with Gasteiger partial charge in [0.25, 0.3) is 0 Å². The van der Waals surface area contributed by atoms with E-state index in [0.717, 1.165) is 25.0 Å². The fourth-order valence-electron chi connectivity index (χ4n) is 0.829. The molecule has 0 aromatic heterocycles. The number of hydrogen-bond acceptors (Lipinski definition) is 3. The predicted molar refractivity (Wildman–Crippen MR) is 34.8 cm³/mol. The van der Waals surface area contributed by atoms with Gasteiger partial charge in [0.05, 0.1) is 0 Å². The van der Waals surface area contributed by atoms with Crippen LogP contribution in [-0.4, -0.2) is 5.97 Å². The molecule has 1 rings (SSSR count). The standard InChI is InChI=1S/C7H10O3/c1-6(8)9-10-7-4-2-3-5-7/h4H,2-3,5H2,1H3. The highest BCUT2D eigenvalue weighted by Crippen LogP contribution is 2.18. The van der Waals surface area contributed by atoms with Crippen LogP contribution in [0.3, 0.4) is 0 Å². The minimum Gasteiger partial charge on any atom is -0.292 e. The molecule has 0 atom stereocenters. The van der Waals surface area contributed by atoms with E-state index >= 15 is 0 Å². The van der Waals surface area contributed by atoms with Crippen molar-refractivity contribution in [2.45, 2.75) is 26.2 Å². The van der Waals surface area contributed by atoms with Gasteiger partial charge in [-0.05, 0) is 18.9 Å². The summed E-state index contributed by atoms with van der Waals surface area (Å²) in [5.74, 6) is 0.364. The highest BCUT2D eigenvalue weighted by atomic mass is 17.2. The van der Waals surface area contributed by atoms with Gasteiger partial charge in [-0.3, -0.25) is 9.78 Å². The van der Waals surface area contributed by atoms with Crippen LogP contribution >= 0.6 is 0 Å². The molecular weight excluding hydrogens is 132 g/mol. The quantitative estimate of drug-likeness (QED) is 0.433. The van der Waals surface area contributed by atoms with Crippen LogP contribution in [0.5, 0.6) is 0 Å². The molecule has 0 heterocycles. The highest BCUT2D eigenvalue weighted by Gasteiger charge is 2.07. The minimum atomic E-state index is -0.409. The highest BCUT2D eigenvalue weighted by molar-refractivity contribution is 5.65. The van der Waals surface area contributed by atoms with E-state index in [1.807, 2.05) is 6.08 Å². The van der Waals surface area contributed by atoms with E-state index in [1.165, 1.54) is 6.92 Å². The van der Waals surface area contributed by atoms with Gasteiger partial charge in [-0.25, -0.2) is 4.79 Å². The molecule has 0 saturated heterocycles. The van der Waals surface area contributed by atoms with E-state index in [0.29, 0.717) is 0 Å². The van der Waals surface area contributed by atoms with Crippen LogP contribution in [0.15, 0.2) is 11.8 Å². The van der Waals surface area contributed by atoms with Crippen LogP contribution in [0.4, 0.5) is 0 Å². The van der Waals surface area contributed by atoms with Crippen molar-refractivity contribution >= 4 is 5.97 Å². The van der Waals surface area contributed by atoms with Crippen molar-refractivity contribution in [3.8, 4) is 0 Å². The van der Waals surface area contributed by atoms with Gasteiger partial charge in [-0.2, -0.15) is 0 Å². The molecular formula is C7H10O3. The molecule has 3 nitrogen and oxygen atoms in total. The van der Waals surface area contributed by atoms with E-state index in [2.05, 4.69) is 9.78 Å². The van der Waals surface area contributed by atoms with Gasteiger partial charge in [-0.1, -0.05) is 0 Å². The first-order chi connectivity index (χ1) is 4.79. The Balaban J connectivity index is 2.19. The molecule has 1 aliphatic rings. The summed E-state index contributed by atoms with van der Waals surface area (Å²) in [4.78, 5) is 19.2. The number of hydrogen-bond donors (Lipinski definition) is 0. The number of rotatable bonds is 2. The van der Waals surface area contributed by atoms with Gasteiger partial charge in [0.1, 0.15) is 0 Å². The Bertz CT molecular complexity index is 160. The Kier molecular flexibility index (Phi) is 2.31. The summed E-state index contributed by atoms with van der Waals surface area (Å²) in [6.45, 7) is 1.31. The van der Waals surface area contributed by atoms with Crippen molar-refractivity contribution in [2.24, 2.45) is 0 Å². The zero-order valence-electron chi connectivity index (χ0n) is 5.92. The zero-order valence-corrected chi connectivity index (χ0v) is 5.92. The average molecular weight is 142 g/mol. The summed E-state index contributed by atoms with van der Waals surface area (Å²) in [5, 5.41) is 0. The molecule has 1 aliphatic carbocycles. The van der Waals surface area contributed by atoms with Crippen LogP contribution in [0.25, 0.3) is 0 Å². The molecule has 0 aromatic rings. The van der Waals surface area contributed by atoms with Crippen LogP contribution < -0.4 is 0 Å². The lowest BCUT2D eigenvalue weighted by Crippen LogP contribution is -1.98. The van der Waals surface area contributed by atoms with Gasteiger partial charge in [-0.15, -0.1) is 0 Å². The monoisotopic (exact) mass is 142 g/mol. The lowest BCUT2D eigenvalue weighted by atomic mass is 10.4. The molecule has 0 N–H and O–H groups in total. The molecule has 10 heavy (non-hydrogen) atoms. The van der Waals surface area contributed by atoms with E-state index < -0.39 is 5.97 Å². The largest absolute Gasteiger partial charge is 0.352 e. The molecule has 56 valence electrons. The molecule has 0 aliphatic heterocycles. The van der Waals surface area contributed by atoms with Gasteiger partial charge >= 0.3 is 5.97 Å². The molecule has 0 unspecified atom stereocenters. The maximum absolute atomic E-state index is 10.2. The first kappa shape index (κ1) is 7.12. The molecule has 0 spiro atoms. The lowest BCUT2D eigenvalue weighted by Gasteiger charge is -2.00. The van der Waals surface area contributed by atoms with Crippen molar-refractivity contribution in [3.05, 3.63) is 11.8 Å². The van der Waals surface area contributed by atoms with Gasteiger partial charge in [0.15, 0.2) is 5.76 Å². The third kappa shape index (κ3) is 2.09. The second-order valence-corrected chi connectivity index (χ2v) is 2.22. The second kappa shape index (κ2) is 3.25.